The van der Waals surface area contributed by atoms with E-state index in [2.05, 4.69) is 24.3 Å². The van der Waals surface area contributed by atoms with Gasteiger partial charge in [0.2, 0.25) is 0 Å². The lowest BCUT2D eigenvalue weighted by Crippen LogP contribution is -1.76. The molecule has 0 heterocycles. The Labute approximate surface area is 70.0 Å². The molecular weight excluding hydrogens is 132 g/mol. The fraction of sp³-hybridized carbons (Fsp3) is 0.636. The highest BCUT2D eigenvalue weighted by Gasteiger charge is 1.89. The average Bonchev–Trinajstić information content (AvgIpc) is 2.08. The van der Waals surface area contributed by atoms with E-state index in [0.29, 0.717) is 0 Å². The third-order valence-corrected chi connectivity index (χ3v) is 2.05. The van der Waals surface area contributed by atoms with Crippen LogP contribution in [0.2, 0.25) is 0 Å². The van der Waals surface area contributed by atoms with E-state index in [0.717, 1.165) is 0 Å². The van der Waals surface area contributed by atoms with E-state index in [1.807, 2.05) is 0 Å². The Kier molecular flexibility index (Phi) is 4.84. The average molecular weight is 149 g/mol. The first kappa shape index (κ1) is 8.58. The van der Waals surface area contributed by atoms with Gasteiger partial charge in [0.1, 0.15) is 0 Å². The summed E-state index contributed by atoms with van der Waals surface area (Å²) in [5, 5.41) is 0. The van der Waals surface area contributed by atoms with Crippen LogP contribution in [-0.4, -0.2) is 0 Å². The van der Waals surface area contributed by atoms with Gasteiger partial charge in [0, 0.05) is 0 Å². The second-order valence-corrected chi connectivity index (χ2v) is 3.12. The molecule has 0 spiro atoms. The summed E-state index contributed by atoms with van der Waals surface area (Å²) in [7, 11) is 0. The van der Waals surface area contributed by atoms with E-state index >= 15 is 0 Å². The molecule has 0 fully saturated rings. The van der Waals surface area contributed by atoms with Crippen molar-refractivity contribution in [2.45, 2.75) is 44.9 Å². The molecule has 0 amide bonds. The van der Waals surface area contributed by atoms with Crippen LogP contribution in [0.3, 0.4) is 0 Å². The van der Waals surface area contributed by atoms with Gasteiger partial charge in [-0.15, -0.1) is 0 Å². The molecule has 1 rings (SSSR count). The normalized spacial score (nSPS) is 21.1. The van der Waals surface area contributed by atoms with Gasteiger partial charge in [0.05, 0.1) is 0 Å². The van der Waals surface area contributed by atoms with Crippen LogP contribution in [0.1, 0.15) is 44.9 Å². The molecule has 1 aliphatic carbocycles. The van der Waals surface area contributed by atoms with E-state index in [4.69, 9.17) is 0 Å². The Balaban J connectivity index is 2.22. The van der Waals surface area contributed by atoms with Crippen LogP contribution >= 0.6 is 0 Å². The van der Waals surface area contributed by atoms with Crippen molar-refractivity contribution < 1.29 is 0 Å². The number of allylic oxidation sites excluding steroid dienone is 4. The maximum Gasteiger partial charge on any atom is -0.0230 e. The zero-order valence-electron chi connectivity index (χ0n) is 7.18. The summed E-state index contributed by atoms with van der Waals surface area (Å²) in [6.07, 6.45) is 19.0. The van der Waals surface area contributed by atoms with Crippen molar-refractivity contribution in [2.24, 2.45) is 0 Å². The SMILES string of the molecule is [C]1=CCCCCCCCC=C1. The van der Waals surface area contributed by atoms with Gasteiger partial charge in [-0.05, 0) is 31.8 Å². The molecular formula is C11H17. The highest BCUT2D eigenvalue weighted by molar-refractivity contribution is 4.95. The van der Waals surface area contributed by atoms with Gasteiger partial charge < -0.3 is 0 Å². The molecule has 0 aromatic carbocycles. The lowest BCUT2D eigenvalue weighted by molar-refractivity contribution is 0.623. The Morgan fingerprint density at radius 1 is 0.818 bits per heavy atom. The molecule has 0 aliphatic heterocycles. The Bertz CT molecular complexity index is 115. The minimum atomic E-state index is 1.21. The third kappa shape index (κ3) is 4.83. The lowest BCUT2D eigenvalue weighted by Gasteiger charge is -1.96. The van der Waals surface area contributed by atoms with E-state index in [1.54, 1.807) is 0 Å². The predicted octanol–water partition coefficient (Wildman–Crippen LogP) is 3.65. The molecule has 0 saturated heterocycles. The predicted molar refractivity (Wildman–Crippen MR) is 49.3 cm³/mol. The summed E-state index contributed by atoms with van der Waals surface area (Å²) < 4.78 is 0. The maximum absolute atomic E-state index is 3.18. The third-order valence-electron chi connectivity index (χ3n) is 2.05. The maximum atomic E-state index is 3.18. The topological polar surface area (TPSA) is 0 Å². The summed E-state index contributed by atoms with van der Waals surface area (Å²) in [4.78, 5) is 0. The van der Waals surface area contributed by atoms with Crippen molar-refractivity contribution in [3.05, 3.63) is 24.3 Å². The number of hydrogen-bond acceptors (Lipinski definition) is 0. The van der Waals surface area contributed by atoms with Crippen molar-refractivity contribution in [3.8, 4) is 0 Å². The highest BCUT2D eigenvalue weighted by atomic mass is 14.0. The molecule has 0 N–H and O–H groups in total. The molecule has 0 saturated carbocycles. The van der Waals surface area contributed by atoms with Gasteiger partial charge in [-0.1, -0.05) is 37.5 Å². The first-order valence-electron chi connectivity index (χ1n) is 4.73. The minimum Gasteiger partial charge on any atom is -0.0839 e. The van der Waals surface area contributed by atoms with Crippen LogP contribution in [0.15, 0.2) is 18.2 Å². The molecule has 0 aromatic heterocycles. The summed E-state index contributed by atoms with van der Waals surface area (Å²) >= 11 is 0. The van der Waals surface area contributed by atoms with Crippen molar-refractivity contribution in [2.75, 3.05) is 0 Å². The molecule has 11 heavy (non-hydrogen) atoms. The summed E-state index contributed by atoms with van der Waals surface area (Å²) in [5.74, 6) is 0. The van der Waals surface area contributed by atoms with Crippen LogP contribution in [0.5, 0.6) is 0 Å². The fourth-order valence-electron chi connectivity index (χ4n) is 1.34. The molecule has 1 aliphatic rings. The van der Waals surface area contributed by atoms with Gasteiger partial charge in [-0.2, -0.15) is 0 Å². The molecule has 1 radical (unpaired) electrons. The largest absolute Gasteiger partial charge is 0.0839 e. The second kappa shape index (κ2) is 6.21. The Morgan fingerprint density at radius 2 is 1.55 bits per heavy atom. The van der Waals surface area contributed by atoms with Crippen molar-refractivity contribution in [3.63, 3.8) is 0 Å². The first-order valence-corrected chi connectivity index (χ1v) is 4.73. The zero-order valence-corrected chi connectivity index (χ0v) is 7.18. The highest BCUT2D eigenvalue weighted by Crippen LogP contribution is 2.08. The van der Waals surface area contributed by atoms with Crippen LogP contribution in [-0.2, 0) is 0 Å². The summed E-state index contributed by atoms with van der Waals surface area (Å²) in [6, 6.07) is 0. The molecule has 0 aromatic rings. The van der Waals surface area contributed by atoms with Crippen LogP contribution < -0.4 is 0 Å². The van der Waals surface area contributed by atoms with Crippen LogP contribution in [0.25, 0.3) is 0 Å². The van der Waals surface area contributed by atoms with Crippen LogP contribution in [0, 0.1) is 6.08 Å². The fourth-order valence-corrected chi connectivity index (χ4v) is 1.34. The minimum absolute atomic E-state index is 1.21. The van der Waals surface area contributed by atoms with Crippen LogP contribution in [0.4, 0.5) is 0 Å². The first-order chi connectivity index (χ1) is 5.50. The monoisotopic (exact) mass is 149 g/mol. The van der Waals surface area contributed by atoms with Gasteiger partial charge in [-0.3, -0.25) is 0 Å². The molecule has 0 nitrogen and oxygen atoms in total. The molecule has 0 atom stereocenters. The number of hydrogen-bond donors (Lipinski definition) is 0. The molecule has 0 heteroatoms. The lowest BCUT2D eigenvalue weighted by atomic mass is 10.1. The van der Waals surface area contributed by atoms with Crippen molar-refractivity contribution >= 4 is 0 Å². The smallest absolute Gasteiger partial charge is 0.0230 e. The molecule has 0 unspecified atom stereocenters. The summed E-state index contributed by atoms with van der Waals surface area (Å²) in [5.41, 5.74) is 0. The summed E-state index contributed by atoms with van der Waals surface area (Å²) in [6.45, 7) is 0. The van der Waals surface area contributed by atoms with E-state index in [9.17, 15) is 0 Å². The van der Waals surface area contributed by atoms with Crippen molar-refractivity contribution in [1.82, 2.24) is 0 Å². The van der Waals surface area contributed by atoms with E-state index in [1.165, 1.54) is 44.9 Å². The van der Waals surface area contributed by atoms with Gasteiger partial charge >= 0.3 is 0 Å². The second-order valence-electron chi connectivity index (χ2n) is 3.12. The number of rotatable bonds is 0. The van der Waals surface area contributed by atoms with Crippen molar-refractivity contribution in [1.29, 1.82) is 0 Å². The Morgan fingerprint density at radius 3 is 2.45 bits per heavy atom. The van der Waals surface area contributed by atoms with Gasteiger partial charge in [0.15, 0.2) is 0 Å². The van der Waals surface area contributed by atoms with Gasteiger partial charge in [0.25, 0.3) is 0 Å². The standard InChI is InChI=1S/C11H17/c1-2-4-6-8-10-11-9-7-5-3-1/h1-2,6H,3,5,7-11H2. The van der Waals surface area contributed by atoms with E-state index in [-0.39, 0.29) is 0 Å². The molecule has 0 bridgehead atoms. The quantitative estimate of drug-likeness (QED) is 0.493. The molecule has 61 valence electrons. The Hall–Kier alpha value is -0.520. The van der Waals surface area contributed by atoms with Gasteiger partial charge in [-0.25, -0.2) is 0 Å². The zero-order chi connectivity index (χ0) is 7.78. The van der Waals surface area contributed by atoms with E-state index < -0.39 is 0 Å².